The Labute approximate surface area is 161 Å². The number of benzene rings is 1. The van der Waals surface area contributed by atoms with Crippen LogP contribution in [0.15, 0.2) is 30.3 Å². The lowest BCUT2D eigenvalue weighted by Crippen LogP contribution is -2.33. The largest absolute Gasteiger partial charge is 0.484 e. The first-order chi connectivity index (χ1) is 12.9. The van der Waals surface area contributed by atoms with Crippen molar-refractivity contribution >= 4 is 11.3 Å². The molecule has 3 rings (SSSR count). The maximum atomic E-state index is 12.8. The zero-order valence-electron chi connectivity index (χ0n) is 16.6. The van der Waals surface area contributed by atoms with Gasteiger partial charge in [0.25, 0.3) is 0 Å². The van der Waals surface area contributed by atoms with Crippen molar-refractivity contribution in [3.63, 3.8) is 0 Å². The molecule has 2 aliphatic carbocycles. The minimum atomic E-state index is -4.34. The first-order valence-corrected chi connectivity index (χ1v) is 10.5. The van der Waals surface area contributed by atoms with Gasteiger partial charge < -0.3 is 0 Å². The molecular weight excluding hydrogens is 347 g/mol. The molecule has 1 aromatic rings. The summed E-state index contributed by atoms with van der Waals surface area (Å²) in [6.45, 7) is 2.28. The van der Waals surface area contributed by atoms with Gasteiger partial charge in [-0.05, 0) is 73.1 Å². The van der Waals surface area contributed by atoms with Gasteiger partial charge in [0.1, 0.15) is 0 Å². The summed E-state index contributed by atoms with van der Waals surface area (Å²) < 4.78 is 38.4. The first-order valence-electron chi connectivity index (χ1n) is 10.5. The molecule has 1 saturated carbocycles. The van der Waals surface area contributed by atoms with Crippen LogP contribution in [0.1, 0.15) is 70.3 Å². The van der Waals surface area contributed by atoms with Crippen LogP contribution in [-0.4, -0.2) is 13.3 Å². The highest BCUT2D eigenvalue weighted by Gasteiger charge is 2.34. The molecule has 1 aromatic carbocycles. The molecule has 0 radical (unpaired) electrons. The maximum absolute atomic E-state index is 12.8. The molecule has 0 bridgehead atoms. The topological polar surface area (TPSA) is 3.24 Å². The number of hydrogen-bond acceptors (Lipinski definition) is 1. The molecule has 0 amide bonds. The summed E-state index contributed by atoms with van der Waals surface area (Å²) in [6.07, 6.45) is 9.68. The molecule has 0 N–H and O–H groups in total. The molecule has 0 saturated heterocycles. The second-order valence-corrected chi connectivity index (χ2v) is 8.41. The number of rotatable bonds is 5. The molecule has 150 valence electrons. The number of alkyl halides is 3. The third-order valence-electron chi connectivity index (χ3n) is 6.71. The van der Waals surface area contributed by atoms with E-state index in [1.807, 2.05) is 12.1 Å². The summed E-state index contributed by atoms with van der Waals surface area (Å²) in [5.41, 5.74) is 2.55. The first kappa shape index (κ1) is 20.3. The zero-order valence-corrected chi connectivity index (χ0v) is 16.6. The van der Waals surface area contributed by atoms with E-state index in [-0.39, 0.29) is 5.69 Å². The molecule has 1 nitrogen and oxygen atoms in total. The molecule has 4 heteroatoms. The number of hydrogen-bond donors (Lipinski definition) is 0. The smallest absolute Gasteiger partial charge is 0.287 e. The Morgan fingerprint density at radius 3 is 2.15 bits per heavy atom. The number of allylic oxidation sites excluding steroid dienone is 2. The molecular formula is C23H32F3N. The summed E-state index contributed by atoms with van der Waals surface area (Å²) in [5, 5.41) is 0. The lowest BCUT2D eigenvalue weighted by Gasteiger charge is -2.35. The molecule has 27 heavy (non-hydrogen) atoms. The Bertz CT molecular complexity index is 624. The summed E-state index contributed by atoms with van der Waals surface area (Å²) in [7, 11) is 1.06. The zero-order chi connectivity index (χ0) is 19.4. The van der Waals surface area contributed by atoms with Gasteiger partial charge in [-0.25, -0.2) is 0 Å². The standard InChI is InChI=1S/C23H32F3N/c1-3-4-17-5-7-18(8-6-17)19-9-11-20(12-10-19)21-13-15-22(16-14-21)27(2)23(24,25)26/h11,13-19H,3-10,12H2,1-2H3. The lowest BCUT2D eigenvalue weighted by atomic mass is 9.70. The van der Waals surface area contributed by atoms with Gasteiger partial charge in [0, 0.05) is 12.7 Å². The number of nitrogens with zero attached hydrogens (tertiary/aromatic N) is 1. The van der Waals surface area contributed by atoms with Crippen molar-refractivity contribution in [2.75, 3.05) is 11.9 Å². The Balaban J connectivity index is 1.56. The number of anilines is 1. The van der Waals surface area contributed by atoms with Crippen LogP contribution in [0.2, 0.25) is 0 Å². The van der Waals surface area contributed by atoms with E-state index >= 15 is 0 Å². The molecule has 0 spiro atoms. The fourth-order valence-electron chi connectivity index (χ4n) is 4.95. The number of halogens is 3. The van der Waals surface area contributed by atoms with Crippen molar-refractivity contribution in [2.24, 2.45) is 17.8 Å². The maximum Gasteiger partial charge on any atom is 0.484 e. The van der Waals surface area contributed by atoms with E-state index in [1.54, 1.807) is 12.1 Å². The van der Waals surface area contributed by atoms with Gasteiger partial charge in [-0.2, -0.15) is 13.2 Å². The van der Waals surface area contributed by atoms with Gasteiger partial charge in [0.05, 0.1) is 0 Å². The summed E-state index contributed by atoms with van der Waals surface area (Å²) in [5.74, 6) is 2.62. The summed E-state index contributed by atoms with van der Waals surface area (Å²) in [6, 6.07) is 6.81. The van der Waals surface area contributed by atoms with Crippen LogP contribution in [0.25, 0.3) is 5.57 Å². The minimum Gasteiger partial charge on any atom is -0.287 e. The van der Waals surface area contributed by atoms with Gasteiger partial charge in [-0.1, -0.05) is 50.8 Å². The van der Waals surface area contributed by atoms with Crippen LogP contribution in [-0.2, 0) is 0 Å². The average Bonchev–Trinajstić information content (AvgIpc) is 2.68. The van der Waals surface area contributed by atoms with Crippen molar-refractivity contribution in [3.05, 3.63) is 35.9 Å². The van der Waals surface area contributed by atoms with E-state index in [2.05, 4.69) is 13.0 Å². The van der Waals surface area contributed by atoms with E-state index in [1.165, 1.54) is 50.5 Å². The molecule has 0 aliphatic heterocycles. The summed E-state index contributed by atoms with van der Waals surface area (Å²) in [4.78, 5) is 0.358. The molecule has 0 aromatic heterocycles. The Kier molecular flexibility index (Phi) is 6.54. The molecule has 1 fully saturated rings. The van der Waals surface area contributed by atoms with Gasteiger partial charge >= 0.3 is 6.30 Å². The van der Waals surface area contributed by atoms with E-state index in [9.17, 15) is 13.2 Å². The predicted molar refractivity (Wildman–Crippen MR) is 107 cm³/mol. The summed E-state index contributed by atoms with van der Waals surface area (Å²) >= 11 is 0. The molecule has 2 aliphatic rings. The van der Waals surface area contributed by atoms with Gasteiger partial charge in [-0.3, -0.25) is 4.90 Å². The third-order valence-corrected chi connectivity index (χ3v) is 6.71. The van der Waals surface area contributed by atoms with Crippen LogP contribution in [0.4, 0.5) is 18.9 Å². The Morgan fingerprint density at radius 2 is 1.63 bits per heavy atom. The minimum absolute atomic E-state index is 0.185. The SMILES string of the molecule is CCCC1CCC(C2CC=C(c3ccc(N(C)C(F)(F)F)cc3)CC2)CC1. The highest BCUT2D eigenvalue weighted by molar-refractivity contribution is 5.68. The van der Waals surface area contributed by atoms with Gasteiger partial charge in [0.2, 0.25) is 0 Å². The average molecular weight is 380 g/mol. The van der Waals surface area contributed by atoms with Crippen LogP contribution in [0.3, 0.4) is 0 Å². The lowest BCUT2D eigenvalue weighted by molar-refractivity contribution is -0.125. The van der Waals surface area contributed by atoms with E-state index in [0.717, 1.165) is 43.2 Å². The molecule has 1 unspecified atom stereocenters. The normalized spacial score (nSPS) is 26.6. The quantitative estimate of drug-likeness (QED) is 0.481. The Hall–Kier alpha value is -1.45. The highest BCUT2D eigenvalue weighted by atomic mass is 19.4. The Morgan fingerprint density at radius 1 is 0.963 bits per heavy atom. The van der Waals surface area contributed by atoms with Crippen LogP contribution >= 0.6 is 0 Å². The van der Waals surface area contributed by atoms with Crippen LogP contribution < -0.4 is 4.90 Å². The predicted octanol–water partition coefficient (Wildman–Crippen LogP) is 7.43. The van der Waals surface area contributed by atoms with Crippen molar-refractivity contribution in [2.45, 2.75) is 71.0 Å². The fraction of sp³-hybridized carbons (Fsp3) is 0.652. The fourth-order valence-corrected chi connectivity index (χ4v) is 4.95. The van der Waals surface area contributed by atoms with Crippen molar-refractivity contribution in [1.29, 1.82) is 0 Å². The van der Waals surface area contributed by atoms with Crippen molar-refractivity contribution in [1.82, 2.24) is 0 Å². The molecule has 1 atom stereocenters. The molecule has 0 heterocycles. The second kappa shape index (κ2) is 8.70. The van der Waals surface area contributed by atoms with Crippen molar-refractivity contribution < 1.29 is 13.2 Å². The van der Waals surface area contributed by atoms with E-state index in [4.69, 9.17) is 0 Å². The second-order valence-electron chi connectivity index (χ2n) is 8.41. The highest BCUT2D eigenvalue weighted by Crippen LogP contribution is 2.42. The van der Waals surface area contributed by atoms with E-state index in [0.29, 0.717) is 4.90 Å². The van der Waals surface area contributed by atoms with Crippen molar-refractivity contribution in [3.8, 4) is 0 Å². The monoisotopic (exact) mass is 379 g/mol. The van der Waals surface area contributed by atoms with Gasteiger partial charge in [0.15, 0.2) is 0 Å². The van der Waals surface area contributed by atoms with Crippen LogP contribution in [0, 0.1) is 17.8 Å². The van der Waals surface area contributed by atoms with Crippen LogP contribution in [0.5, 0.6) is 0 Å². The third kappa shape index (κ3) is 5.08. The van der Waals surface area contributed by atoms with Gasteiger partial charge in [-0.15, -0.1) is 0 Å². The van der Waals surface area contributed by atoms with E-state index < -0.39 is 6.30 Å².